The topological polar surface area (TPSA) is 12.0 Å². The summed E-state index contributed by atoms with van der Waals surface area (Å²) < 4.78 is 0. The second kappa shape index (κ2) is 5.05. The maximum atomic E-state index is 3.57. The molecule has 1 fully saturated rings. The van der Waals surface area contributed by atoms with Crippen LogP contribution in [0.25, 0.3) is 0 Å². The molecule has 98 valence electrons. The third kappa shape index (κ3) is 2.21. The Morgan fingerprint density at radius 3 is 2.72 bits per heavy atom. The highest BCUT2D eigenvalue weighted by Gasteiger charge is 2.29. The van der Waals surface area contributed by atoms with E-state index in [9.17, 15) is 0 Å². The molecule has 0 aliphatic heterocycles. The molecule has 3 rings (SSSR count). The lowest BCUT2D eigenvalue weighted by atomic mass is 9.89. The number of fused-ring (bicyclic) bond motifs is 1. The van der Waals surface area contributed by atoms with Crippen molar-refractivity contribution in [1.29, 1.82) is 0 Å². The molecule has 1 nitrogen and oxygen atoms in total. The van der Waals surface area contributed by atoms with Gasteiger partial charge in [0.2, 0.25) is 0 Å². The Bertz CT molecular complexity index is 424. The molecule has 1 N–H and O–H groups in total. The van der Waals surface area contributed by atoms with Gasteiger partial charge in [0.25, 0.3) is 0 Å². The van der Waals surface area contributed by atoms with Crippen LogP contribution in [0.5, 0.6) is 0 Å². The summed E-state index contributed by atoms with van der Waals surface area (Å²) in [5.41, 5.74) is 4.73. The van der Waals surface area contributed by atoms with Gasteiger partial charge in [0.15, 0.2) is 0 Å². The molecular weight excluding hydrogens is 218 g/mol. The summed E-state index contributed by atoms with van der Waals surface area (Å²) in [5.74, 6) is 1.75. The Balaban J connectivity index is 1.83. The van der Waals surface area contributed by atoms with Gasteiger partial charge < -0.3 is 5.32 Å². The average molecular weight is 243 g/mol. The quantitative estimate of drug-likeness (QED) is 0.849. The molecule has 0 radical (unpaired) electrons. The van der Waals surface area contributed by atoms with Crippen LogP contribution in [0, 0.1) is 11.8 Å². The van der Waals surface area contributed by atoms with E-state index in [-0.39, 0.29) is 0 Å². The number of aryl methyl sites for hydroxylation is 2. The normalized spacial score (nSPS) is 28.3. The van der Waals surface area contributed by atoms with Crippen molar-refractivity contribution in [2.24, 2.45) is 11.8 Å². The van der Waals surface area contributed by atoms with Crippen molar-refractivity contribution >= 4 is 0 Å². The van der Waals surface area contributed by atoms with Crippen LogP contribution in [-0.2, 0) is 12.8 Å². The molecule has 1 aromatic carbocycles. The monoisotopic (exact) mass is 243 g/mol. The molecule has 0 saturated heterocycles. The van der Waals surface area contributed by atoms with Crippen molar-refractivity contribution in [3.8, 4) is 0 Å². The highest BCUT2D eigenvalue weighted by molar-refractivity contribution is 5.36. The molecule has 1 aromatic rings. The number of rotatable bonds is 3. The van der Waals surface area contributed by atoms with Gasteiger partial charge in [-0.3, -0.25) is 0 Å². The Hall–Kier alpha value is -0.820. The third-order valence-corrected chi connectivity index (χ3v) is 5.00. The van der Waals surface area contributed by atoms with E-state index >= 15 is 0 Å². The fourth-order valence-corrected chi connectivity index (χ4v) is 4.01. The van der Waals surface area contributed by atoms with Crippen molar-refractivity contribution in [3.05, 3.63) is 34.9 Å². The average Bonchev–Trinajstić information content (AvgIpc) is 2.99. The van der Waals surface area contributed by atoms with Crippen molar-refractivity contribution in [2.75, 3.05) is 7.05 Å². The first kappa shape index (κ1) is 12.2. The van der Waals surface area contributed by atoms with Crippen molar-refractivity contribution in [3.63, 3.8) is 0 Å². The van der Waals surface area contributed by atoms with Crippen LogP contribution in [0.3, 0.4) is 0 Å². The van der Waals surface area contributed by atoms with Crippen LogP contribution in [0.15, 0.2) is 18.2 Å². The van der Waals surface area contributed by atoms with Gasteiger partial charge in [-0.15, -0.1) is 0 Å². The van der Waals surface area contributed by atoms with Crippen LogP contribution >= 0.6 is 0 Å². The summed E-state index contributed by atoms with van der Waals surface area (Å²) >= 11 is 0. The van der Waals surface area contributed by atoms with Gasteiger partial charge >= 0.3 is 0 Å². The Morgan fingerprint density at radius 1 is 1.17 bits per heavy atom. The summed E-state index contributed by atoms with van der Waals surface area (Å²) in [6, 6.07) is 7.79. The SMILES string of the molecule is CNC(c1ccc2c(c1)CCC2)C1CCC(C)C1. The smallest absolute Gasteiger partial charge is 0.0346 e. The van der Waals surface area contributed by atoms with E-state index in [0.29, 0.717) is 6.04 Å². The summed E-state index contributed by atoms with van der Waals surface area (Å²) in [6.07, 6.45) is 8.13. The summed E-state index contributed by atoms with van der Waals surface area (Å²) in [7, 11) is 2.13. The minimum atomic E-state index is 0.570. The first-order chi connectivity index (χ1) is 8.78. The minimum absolute atomic E-state index is 0.570. The summed E-state index contributed by atoms with van der Waals surface area (Å²) in [5, 5.41) is 3.57. The molecule has 3 atom stereocenters. The van der Waals surface area contributed by atoms with Gasteiger partial charge in [-0.05, 0) is 67.7 Å². The molecule has 3 unspecified atom stereocenters. The van der Waals surface area contributed by atoms with Gasteiger partial charge in [-0.25, -0.2) is 0 Å². The van der Waals surface area contributed by atoms with Crippen LogP contribution in [0.1, 0.15) is 55.3 Å². The van der Waals surface area contributed by atoms with E-state index in [1.54, 1.807) is 11.1 Å². The lowest BCUT2D eigenvalue weighted by molar-refractivity contribution is 0.379. The Kier molecular flexibility index (Phi) is 3.43. The lowest BCUT2D eigenvalue weighted by Crippen LogP contribution is -2.24. The molecule has 1 heteroatoms. The first-order valence-corrected chi connectivity index (χ1v) is 7.57. The highest BCUT2D eigenvalue weighted by atomic mass is 14.9. The zero-order chi connectivity index (χ0) is 12.5. The van der Waals surface area contributed by atoms with E-state index < -0.39 is 0 Å². The molecule has 0 aromatic heterocycles. The van der Waals surface area contributed by atoms with Gasteiger partial charge in [-0.2, -0.15) is 0 Å². The number of hydrogen-bond donors (Lipinski definition) is 1. The maximum absolute atomic E-state index is 3.57. The highest BCUT2D eigenvalue weighted by Crippen LogP contribution is 2.39. The molecule has 2 aliphatic carbocycles. The van der Waals surface area contributed by atoms with Crippen LogP contribution in [0.4, 0.5) is 0 Å². The van der Waals surface area contributed by atoms with Crippen LogP contribution in [-0.4, -0.2) is 7.05 Å². The predicted molar refractivity (Wildman–Crippen MR) is 76.8 cm³/mol. The molecular formula is C17H25N. The fourth-order valence-electron chi connectivity index (χ4n) is 4.01. The standard InChI is InChI=1S/C17H25N/c1-12-6-7-15(10-12)17(18-2)16-9-8-13-4-3-5-14(13)11-16/h8-9,11-12,15,17-18H,3-7,10H2,1-2H3. The summed E-state index contributed by atoms with van der Waals surface area (Å²) in [6.45, 7) is 2.40. The first-order valence-electron chi connectivity index (χ1n) is 7.57. The van der Waals surface area contributed by atoms with E-state index in [2.05, 4.69) is 37.5 Å². The third-order valence-electron chi connectivity index (χ3n) is 5.00. The van der Waals surface area contributed by atoms with E-state index in [4.69, 9.17) is 0 Å². The molecule has 0 amide bonds. The van der Waals surface area contributed by atoms with Gasteiger partial charge in [0, 0.05) is 6.04 Å². The summed E-state index contributed by atoms with van der Waals surface area (Å²) in [4.78, 5) is 0. The van der Waals surface area contributed by atoms with Gasteiger partial charge in [-0.1, -0.05) is 31.5 Å². The Labute approximate surface area is 111 Å². The van der Waals surface area contributed by atoms with Crippen LogP contribution in [0.2, 0.25) is 0 Å². The largest absolute Gasteiger partial charge is 0.313 e. The zero-order valence-corrected chi connectivity index (χ0v) is 11.7. The van der Waals surface area contributed by atoms with Crippen molar-refractivity contribution in [1.82, 2.24) is 5.32 Å². The fraction of sp³-hybridized carbons (Fsp3) is 0.647. The Morgan fingerprint density at radius 2 is 2.00 bits per heavy atom. The zero-order valence-electron chi connectivity index (χ0n) is 11.7. The second-order valence-corrected chi connectivity index (χ2v) is 6.33. The lowest BCUT2D eigenvalue weighted by Gasteiger charge is -2.24. The number of nitrogens with one attached hydrogen (secondary N) is 1. The predicted octanol–water partition coefficient (Wildman–Crippen LogP) is 3.87. The van der Waals surface area contributed by atoms with Crippen LogP contribution < -0.4 is 5.32 Å². The minimum Gasteiger partial charge on any atom is -0.313 e. The molecule has 1 saturated carbocycles. The molecule has 18 heavy (non-hydrogen) atoms. The maximum Gasteiger partial charge on any atom is 0.0346 e. The van der Waals surface area contributed by atoms with E-state index in [1.165, 1.54) is 44.1 Å². The van der Waals surface area contributed by atoms with Gasteiger partial charge in [0.05, 0.1) is 0 Å². The van der Waals surface area contributed by atoms with E-state index in [1.807, 2.05) is 0 Å². The second-order valence-electron chi connectivity index (χ2n) is 6.33. The molecule has 0 spiro atoms. The van der Waals surface area contributed by atoms with Crippen molar-refractivity contribution < 1.29 is 0 Å². The molecule has 0 bridgehead atoms. The molecule has 0 heterocycles. The van der Waals surface area contributed by atoms with E-state index in [0.717, 1.165) is 11.8 Å². The van der Waals surface area contributed by atoms with Crippen molar-refractivity contribution in [2.45, 2.75) is 51.5 Å². The molecule has 2 aliphatic rings. The number of benzene rings is 1. The van der Waals surface area contributed by atoms with Gasteiger partial charge in [0.1, 0.15) is 0 Å². The number of hydrogen-bond acceptors (Lipinski definition) is 1.